The van der Waals surface area contributed by atoms with E-state index in [0.29, 0.717) is 12.0 Å². The molecule has 0 radical (unpaired) electrons. The zero-order valence-electron chi connectivity index (χ0n) is 10.9. The summed E-state index contributed by atoms with van der Waals surface area (Å²) in [5.41, 5.74) is 6.95. The van der Waals surface area contributed by atoms with Gasteiger partial charge in [-0.2, -0.15) is 0 Å². The minimum Gasteiger partial charge on any atom is -0.352 e. The summed E-state index contributed by atoms with van der Waals surface area (Å²) in [7, 11) is 0. The molecule has 1 aromatic rings. The molecule has 1 aliphatic rings. The monoisotopic (exact) mass is 246 g/mol. The van der Waals surface area contributed by atoms with Crippen LogP contribution in [0, 0.1) is 5.92 Å². The molecule has 2 rings (SSSR count). The number of amides is 1. The number of carbonyl (C=O) groups excluding carboxylic acids is 1. The maximum Gasteiger partial charge on any atom is 0.236 e. The first-order valence-electron chi connectivity index (χ1n) is 6.76. The van der Waals surface area contributed by atoms with Crippen LogP contribution in [0.2, 0.25) is 0 Å². The van der Waals surface area contributed by atoms with Gasteiger partial charge in [0.25, 0.3) is 0 Å². The van der Waals surface area contributed by atoms with Gasteiger partial charge in [0.05, 0.1) is 6.04 Å². The number of nitrogens with one attached hydrogen (secondary N) is 1. The predicted molar refractivity (Wildman–Crippen MR) is 73.1 cm³/mol. The van der Waals surface area contributed by atoms with Crippen molar-refractivity contribution >= 4 is 5.91 Å². The summed E-state index contributed by atoms with van der Waals surface area (Å²) in [6.45, 7) is 1.73. The number of rotatable bonds is 4. The molecule has 0 aromatic heterocycles. The molecule has 18 heavy (non-hydrogen) atoms. The highest BCUT2D eigenvalue weighted by Gasteiger charge is 2.29. The van der Waals surface area contributed by atoms with E-state index >= 15 is 0 Å². The molecule has 0 heterocycles. The first-order valence-corrected chi connectivity index (χ1v) is 6.76. The molecule has 0 saturated heterocycles. The van der Waals surface area contributed by atoms with E-state index in [2.05, 4.69) is 29.6 Å². The van der Waals surface area contributed by atoms with E-state index in [1.807, 2.05) is 6.07 Å². The maximum atomic E-state index is 11.7. The van der Waals surface area contributed by atoms with Crippen molar-refractivity contribution in [2.24, 2.45) is 11.7 Å². The highest BCUT2D eigenvalue weighted by atomic mass is 16.2. The van der Waals surface area contributed by atoms with Gasteiger partial charge >= 0.3 is 0 Å². The van der Waals surface area contributed by atoms with Gasteiger partial charge in [0.1, 0.15) is 0 Å². The first-order chi connectivity index (χ1) is 8.66. The lowest BCUT2D eigenvalue weighted by Gasteiger charge is -2.22. The second-order valence-electron chi connectivity index (χ2n) is 5.28. The second kappa shape index (κ2) is 6.01. The Balaban J connectivity index is 1.93. The van der Waals surface area contributed by atoms with Gasteiger partial charge in [0.15, 0.2) is 0 Å². The van der Waals surface area contributed by atoms with Crippen molar-refractivity contribution < 1.29 is 4.79 Å². The van der Waals surface area contributed by atoms with Gasteiger partial charge in [-0.25, -0.2) is 0 Å². The average Bonchev–Trinajstić information content (AvgIpc) is 2.78. The number of hydrogen-bond acceptors (Lipinski definition) is 2. The third-order valence-corrected chi connectivity index (χ3v) is 3.74. The van der Waals surface area contributed by atoms with Gasteiger partial charge in [0.2, 0.25) is 5.91 Å². The fraction of sp³-hybridized carbons (Fsp3) is 0.533. The van der Waals surface area contributed by atoms with Crippen LogP contribution in [0.4, 0.5) is 0 Å². The van der Waals surface area contributed by atoms with Crippen molar-refractivity contribution in [3.8, 4) is 0 Å². The van der Waals surface area contributed by atoms with Crippen molar-refractivity contribution in [3.05, 3.63) is 35.9 Å². The summed E-state index contributed by atoms with van der Waals surface area (Å²) < 4.78 is 0. The van der Waals surface area contributed by atoms with Gasteiger partial charge < -0.3 is 11.1 Å². The second-order valence-corrected chi connectivity index (χ2v) is 5.28. The highest BCUT2D eigenvalue weighted by Crippen LogP contribution is 2.28. The predicted octanol–water partition coefficient (Wildman–Crippen LogP) is 1.86. The Hall–Kier alpha value is -1.35. The summed E-state index contributed by atoms with van der Waals surface area (Å²) in [4.78, 5) is 11.7. The average molecular weight is 246 g/mol. The van der Waals surface area contributed by atoms with Crippen LogP contribution in [0.15, 0.2) is 30.3 Å². The summed E-state index contributed by atoms with van der Waals surface area (Å²) in [6, 6.07) is 10.4. The molecule has 1 fully saturated rings. The normalized spacial score (nSPS) is 24.8. The molecular weight excluding hydrogens is 224 g/mol. The summed E-state index contributed by atoms with van der Waals surface area (Å²) in [5, 5.41) is 3.08. The van der Waals surface area contributed by atoms with Crippen LogP contribution < -0.4 is 11.1 Å². The van der Waals surface area contributed by atoms with E-state index in [1.54, 1.807) is 6.92 Å². The molecular formula is C15H22N2O. The Kier molecular flexibility index (Phi) is 4.37. The molecule has 3 atom stereocenters. The van der Waals surface area contributed by atoms with Crippen LogP contribution in [0.3, 0.4) is 0 Å². The molecule has 0 bridgehead atoms. The standard InChI is InChI=1S/C15H22N2O/c1-11(16)15(18)17-14-9-5-8-13(14)10-12-6-3-2-4-7-12/h2-4,6-7,11,13-14H,5,8-10,16H2,1H3,(H,17,18)/t11-,13?,14?/m1/s1. The third-order valence-electron chi connectivity index (χ3n) is 3.74. The van der Waals surface area contributed by atoms with Crippen LogP contribution in [0.1, 0.15) is 31.7 Å². The molecule has 1 amide bonds. The smallest absolute Gasteiger partial charge is 0.236 e. The molecule has 3 nitrogen and oxygen atoms in total. The van der Waals surface area contributed by atoms with Crippen molar-refractivity contribution in [2.75, 3.05) is 0 Å². The van der Waals surface area contributed by atoms with Gasteiger partial charge in [-0.3, -0.25) is 4.79 Å². The van der Waals surface area contributed by atoms with Crippen molar-refractivity contribution in [3.63, 3.8) is 0 Å². The lowest BCUT2D eigenvalue weighted by atomic mass is 9.94. The molecule has 0 aliphatic heterocycles. The zero-order valence-corrected chi connectivity index (χ0v) is 10.9. The van der Waals surface area contributed by atoms with E-state index in [9.17, 15) is 4.79 Å². The van der Waals surface area contributed by atoms with Gasteiger partial charge in [-0.1, -0.05) is 36.8 Å². The Morgan fingerprint density at radius 2 is 2.11 bits per heavy atom. The largest absolute Gasteiger partial charge is 0.352 e. The molecule has 1 aromatic carbocycles. The fourth-order valence-corrected chi connectivity index (χ4v) is 2.70. The fourth-order valence-electron chi connectivity index (χ4n) is 2.70. The molecule has 3 N–H and O–H groups in total. The number of hydrogen-bond donors (Lipinski definition) is 2. The van der Waals surface area contributed by atoms with Crippen LogP contribution >= 0.6 is 0 Å². The quantitative estimate of drug-likeness (QED) is 0.852. The van der Waals surface area contributed by atoms with E-state index in [-0.39, 0.29) is 5.91 Å². The molecule has 0 spiro atoms. The molecule has 1 saturated carbocycles. The Bertz CT molecular complexity index is 389. The number of carbonyl (C=O) groups is 1. The number of benzene rings is 1. The van der Waals surface area contributed by atoms with Crippen LogP contribution in [-0.2, 0) is 11.2 Å². The third kappa shape index (κ3) is 3.33. The minimum absolute atomic E-state index is 0.0278. The first kappa shape index (κ1) is 13.1. The van der Waals surface area contributed by atoms with Crippen LogP contribution in [-0.4, -0.2) is 18.0 Å². The molecule has 98 valence electrons. The van der Waals surface area contributed by atoms with E-state index in [4.69, 9.17) is 5.73 Å². The number of nitrogens with two attached hydrogens (primary N) is 1. The van der Waals surface area contributed by atoms with Gasteiger partial charge in [0, 0.05) is 6.04 Å². The van der Waals surface area contributed by atoms with E-state index in [1.165, 1.54) is 18.4 Å². The summed E-state index contributed by atoms with van der Waals surface area (Å²) in [6.07, 6.45) is 4.51. The maximum absolute atomic E-state index is 11.7. The Labute approximate surface area is 109 Å². The van der Waals surface area contributed by atoms with E-state index < -0.39 is 6.04 Å². The van der Waals surface area contributed by atoms with Crippen LogP contribution in [0.25, 0.3) is 0 Å². The van der Waals surface area contributed by atoms with Crippen molar-refractivity contribution in [1.82, 2.24) is 5.32 Å². The zero-order chi connectivity index (χ0) is 13.0. The molecule has 2 unspecified atom stereocenters. The van der Waals surface area contributed by atoms with E-state index in [0.717, 1.165) is 12.8 Å². The Morgan fingerprint density at radius 3 is 2.78 bits per heavy atom. The minimum atomic E-state index is -0.414. The summed E-state index contributed by atoms with van der Waals surface area (Å²) >= 11 is 0. The Morgan fingerprint density at radius 1 is 1.39 bits per heavy atom. The van der Waals surface area contributed by atoms with Crippen molar-refractivity contribution in [1.29, 1.82) is 0 Å². The van der Waals surface area contributed by atoms with Gasteiger partial charge in [-0.15, -0.1) is 0 Å². The van der Waals surface area contributed by atoms with Gasteiger partial charge in [-0.05, 0) is 37.7 Å². The highest BCUT2D eigenvalue weighted by molar-refractivity contribution is 5.81. The molecule has 1 aliphatic carbocycles. The summed E-state index contributed by atoms with van der Waals surface area (Å²) in [5.74, 6) is 0.523. The lowest BCUT2D eigenvalue weighted by molar-refractivity contribution is -0.122. The van der Waals surface area contributed by atoms with Crippen molar-refractivity contribution in [2.45, 2.75) is 44.7 Å². The SMILES string of the molecule is C[C@@H](N)C(=O)NC1CCCC1Cc1ccccc1. The molecule has 3 heteroatoms. The topological polar surface area (TPSA) is 55.1 Å². The lowest BCUT2D eigenvalue weighted by Crippen LogP contribution is -2.45. The van der Waals surface area contributed by atoms with Crippen LogP contribution in [0.5, 0.6) is 0 Å².